The Morgan fingerprint density at radius 2 is 2.17 bits per heavy atom. The van der Waals surface area contributed by atoms with Gasteiger partial charge < -0.3 is 10.5 Å². The zero-order valence-corrected chi connectivity index (χ0v) is 10.7. The van der Waals surface area contributed by atoms with Crippen LogP contribution in [0.25, 0.3) is 0 Å². The van der Waals surface area contributed by atoms with E-state index in [-0.39, 0.29) is 6.54 Å². The van der Waals surface area contributed by atoms with E-state index >= 15 is 0 Å². The minimum Gasteiger partial charge on any atom is -0.465 e. The third-order valence-corrected chi connectivity index (χ3v) is 2.61. The lowest BCUT2D eigenvalue weighted by molar-refractivity contribution is -0.123. The molecule has 98 valence electrons. The second-order valence-corrected chi connectivity index (χ2v) is 4.33. The van der Waals surface area contributed by atoms with E-state index in [2.05, 4.69) is 15.0 Å². The van der Waals surface area contributed by atoms with Crippen molar-refractivity contribution in [2.45, 2.75) is 25.9 Å². The van der Waals surface area contributed by atoms with E-state index in [1.807, 2.05) is 0 Å². The van der Waals surface area contributed by atoms with Crippen LogP contribution < -0.4 is 11.1 Å². The molecule has 0 aromatic carbocycles. The molecule has 0 bridgehead atoms. The van der Waals surface area contributed by atoms with Gasteiger partial charge in [-0.1, -0.05) is 0 Å². The third kappa shape index (κ3) is 3.27. The summed E-state index contributed by atoms with van der Waals surface area (Å²) in [5.74, 6) is -0.935. The lowest BCUT2D eigenvalue weighted by Gasteiger charge is -2.22. The highest BCUT2D eigenvalue weighted by Gasteiger charge is 2.24. The monoisotopic (exact) mass is 251 g/mol. The molecule has 0 aliphatic carbocycles. The van der Waals surface area contributed by atoms with Gasteiger partial charge in [-0.05, 0) is 26.0 Å². The summed E-state index contributed by atoms with van der Waals surface area (Å²) in [7, 11) is 1.31. The molecular formula is C12H17N3O3. The molecule has 0 radical (unpaired) electrons. The van der Waals surface area contributed by atoms with E-state index in [9.17, 15) is 9.59 Å². The predicted molar refractivity (Wildman–Crippen MR) is 65.7 cm³/mol. The number of primary amides is 1. The summed E-state index contributed by atoms with van der Waals surface area (Å²) in [6, 6.07) is 3.27. The molecule has 18 heavy (non-hydrogen) atoms. The first-order valence-corrected chi connectivity index (χ1v) is 5.45. The number of hydrogen-bond donors (Lipinski definition) is 2. The summed E-state index contributed by atoms with van der Waals surface area (Å²) >= 11 is 0. The van der Waals surface area contributed by atoms with Crippen LogP contribution in [0.3, 0.4) is 0 Å². The van der Waals surface area contributed by atoms with Crippen molar-refractivity contribution < 1.29 is 14.3 Å². The molecular weight excluding hydrogens is 234 g/mol. The average Bonchev–Trinajstić information content (AvgIpc) is 2.35. The number of amides is 1. The second-order valence-electron chi connectivity index (χ2n) is 4.33. The van der Waals surface area contributed by atoms with Gasteiger partial charge in [-0.2, -0.15) is 0 Å². The van der Waals surface area contributed by atoms with Gasteiger partial charge in [0.1, 0.15) is 0 Å². The summed E-state index contributed by atoms with van der Waals surface area (Å²) in [6.45, 7) is 3.58. The highest BCUT2D eigenvalue weighted by Crippen LogP contribution is 2.09. The number of nitrogens with zero attached hydrogens (tertiary/aromatic N) is 1. The van der Waals surface area contributed by atoms with Crippen LogP contribution in [0, 0.1) is 0 Å². The third-order valence-electron chi connectivity index (χ3n) is 2.61. The van der Waals surface area contributed by atoms with Crippen LogP contribution in [-0.2, 0) is 16.1 Å². The molecule has 6 nitrogen and oxygen atoms in total. The summed E-state index contributed by atoms with van der Waals surface area (Å²) < 4.78 is 4.66. The summed E-state index contributed by atoms with van der Waals surface area (Å²) in [4.78, 5) is 26.8. The molecule has 1 aromatic heterocycles. The van der Waals surface area contributed by atoms with Gasteiger partial charge in [-0.15, -0.1) is 0 Å². The van der Waals surface area contributed by atoms with Crippen LogP contribution >= 0.6 is 0 Å². The number of aromatic nitrogens is 1. The Hall–Kier alpha value is -1.95. The van der Waals surface area contributed by atoms with E-state index in [0.717, 1.165) is 0 Å². The van der Waals surface area contributed by atoms with Gasteiger partial charge in [0, 0.05) is 12.7 Å². The van der Waals surface area contributed by atoms with Crippen molar-refractivity contribution >= 4 is 11.9 Å². The number of esters is 1. The molecule has 0 saturated carbocycles. The maximum atomic E-state index is 11.5. The Labute approximate surface area is 106 Å². The van der Waals surface area contributed by atoms with Crippen LogP contribution in [-0.4, -0.2) is 29.5 Å². The number of rotatable bonds is 5. The molecule has 0 atom stereocenters. The van der Waals surface area contributed by atoms with E-state index in [1.54, 1.807) is 32.2 Å². The summed E-state index contributed by atoms with van der Waals surface area (Å²) in [5, 5.41) is 2.95. The normalized spacial score (nSPS) is 11.1. The Bertz CT molecular complexity index is 458. The molecule has 0 aliphatic heterocycles. The summed E-state index contributed by atoms with van der Waals surface area (Å²) in [5.41, 5.74) is 5.26. The van der Waals surface area contributed by atoms with Crippen molar-refractivity contribution in [1.29, 1.82) is 0 Å². The number of carbonyl (C=O) groups is 2. The molecule has 1 aromatic rings. The van der Waals surface area contributed by atoms with Gasteiger partial charge in [0.2, 0.25) is 5.91 Å². The lowest BCUT2D eigenvalue weighted by atomic mass is 10.0. The number of nitrogens with two attached hydrogens (primary N) is 1. The molecule has 0 aliphatic rings. The number of ether oxygens (including phenoxy) is 1. The molecule has 1 amide bonds. The highest BCUT2D eigenvalue weighted by molar-refractivity contribution is 5.90. The standard InChI is InChI=1S/C12H17N3O3/c1-12(2,11(13)17)15-7-9-8(10(16)18-3)5-4-6-14-9/h4-6,15H,7H2,1-3H3,(H2,13,17). The first kappa shape index (κ1) is 14.1. The quantitative estimate of drug-likeness (QED) is 0.730. The van der Waals surface area contributed by atoms with Gasteiger partial charge >= 0.3 is 5.97 Å². The van der Waals surface area contributed by atoms with Crippen LogP contribution in [0.15, 0.2) is 18.3 Å². The molecule has 0 unspecified atom stereocenters. The number of pyridine rings is 1. The average molecular weight is 251 g/mol. The molecule has 3 N–H and O–H groups in total. The van der Waals surface area contributed by atoms with Gasteiger partial charge in [0.25, 0.3) is 0 Å². The molecule has 0 fully saturated rings. The zero-order chi connectivity index (χ0) is 13.8. The fraction of sp³-hybridized carbons (Fsp3) is 0.417. The molecule has 1 rings (SSSR count). The SMILES string of the molecule is COC(=O)c1cccnc1CNC(C)(C)C(N)=O. The minimum atomic E-state index is -0.870. The van der Waals surface area contributed by atoms with Crippen LogP contribution in [0.1, 0.15) is 29.9 Å². The molecule has 6 heteroatoms. The molecule has 0 spiro atoms. The van der Waals surface area contributed by atoms with Gasteiger partial charge in [-0.3, -0.25) is 15.1 Å². The van der Waals surface area contributed by atoms with Crippen LogP contribution in [0.4, 0.5) is 0 Å². The maximum Gasteiger partial charge on any atom is 0.339 e. The van der Waals surface area contributed by atoms with Crippen molar-refractivity contribution in [3.63, 3.8) is 0 Å². The van der Waals surface area contributed by atoms with Crippen molar-refractivity contribution in [1.82, 2.24) is 10.3 Å². The fourth-order valence-electron chi connectivity index (χ4n) is 1.27. The smallest absolute Gasteiger partial charge is 0.339 e. The zero-order valence-electron chi connectivity index (χ0n) is 10.7. The van der Waals surface area contributed by atoms with E-state index in [4.69, 9.17) is 5.73 Å². The predicted octanol–water partition coefficient (Wildman–Crippen LogP) is 0.222. The van der Waals surface area contributed by atoms with Crippen LogP contribution in [0.5, 0.6) is 0 Å². The first-order chi connectivity index (χ1) is 8.38. The van der Waals surface area contributed by atoms with Crippen molar-refractivity contribution in [2.75, 3.05) is 7.11 Å². The van der Waals surface area contributed by atoms with Crippen molar-refractivity contribution in [3.8, 4) is 0 Å². The Morgan fingerprint density at radius 1 is 1.50 bits per heavy atom. The lowest BCUT2D eigenvalue weighted by Crippen LogP contribution is -2.50. The number of hydrogen-bond acceptors (Lipinski definition) is 5. The Balaban J connectivity index is 2.86. The summed E-state index contributed by atoms with van der Waals surface area (Å²) in [6.07, 6.45) is 1.57. The maximum absolute atomic E-state index is 11.5. The minimum absolute atomic E-state index is 0.251. The largest absolute Gasteiger partial charge is 0.465 e. The first-order valence-electron chi connectivity index (χ1n) is 5.45. The topological polar surface area (TPSA) is 94.3 Å². The Kier molecular flexibility index (Phi) is 4.38. The number of carbonyl (C=O) groups excluding carboxylic acids is 2. The van der Waals surface area contributed by atoms with E-state index < -0.39 is 17.4 Å². The fourth-order valence-corrected chi connectivity index (χ4v) is 1.27. The molecule has 0 saturated heterocycles. The van der Waals surface area contributed by atoms with Crippen molar-refractivity contribution in [3.05, 3.63) is 29.6 Å². The van der Waals surface area contributed by atoms with Gasteiger partial charge in [0.05, 0.1) is 23.9 Å². The number of nitrogens with one attached hydrogen (secondary N) is 1. The van der Waals surface area contributed by atoms with Gasteiger partial charge in [0.15, 0.2) is 0 Å². The van der Waals surface area contributed by atoms with E-state index in [1.165, 1.54) is 7.11 Å². The highest BCUT2D eigenvalue weighted by atomic mass is 16.5. The Morgan fingerprint density at radius 3 is 2.72 bits per heavy atom. The van der Waals surface area contributed by atoms with Crippen molar-refractivity contribution in [2.24, 2.45) is 5.73 Å². The second kappa shape index (κ2) is 5.59. The van der Waals surface area contributed by atoms with E-state index in [0.29, 0.717) is 11.3 Å². The van der Waals surface area contributed by atoms with Gasteiger partial charge in [-0.25, -0.2) is 4.79 Å². The molecule has 1 heterocycles. The van der Waals surface area contributed by atoms with Crippen LogP contribution in [0.2, 0.25) is 0 Å². The number of methoxy groups -OCH3 is 1.